The van der Waals surface area contributed by atoms with E-state index in [1.807, 2.05) is 10.2 Å². The summed E-state index contributed by atoms with van der Waals surface area (Å²) >= 11 is 1.17. The minimum atomic E-state index is -0.875. The quantitative estimate of drug-likeness (QED) is 0.793. The molecule has 8 heteroatoms. The molecule has 4 amide bonds. The maximum atomic E-state index is 12.1. The van der Waals surface area contributed by atoms with E-state index in [-0.39, 0.29) is 11.7 Å². The lowest BCUT2D eigenvalue weighted by Crippen LogP contribution is -2.36. The van der Waals surface area contributed by atoms with Gasteiger partial charge in [-0.3, -0.25) is 14.9 Å². The summed E-state index contributed by atoms with van der Waals surface area (Å²) in [6, 6.07) is 2.51. The van der Waals surface area contributed by atoms with Gasteiger partial charge in [-0.05, 0) is 25.0 Å². The number of urea groups is 1. The molecular formula is C13H16N4O3S. The summed E-state index contributed by atoms with van der Waals surface area (Å²) in [5, 5.41) is 2.57. The Bertz CT molecular complexity index is 541. The predicted octanol–water partition coefficient (Wildman–Crippen LogP) is 0.605. The van der Waals surface area contributed by atoms with Crippen LogP contribution in [0.5, 0.6) is 0 Å². The molecule has 3 N–H and O–H groups in total. The molecule has 112 valence electrons. The van der Waals surface area contributed by atoms with Crippen LogP contribution in [0.25, 0.3) is 0 Å². The van der Waals surface area contributed by atoms with Gasteiger partial charge in [0.1, 0.15) is 0 Å². The number of imide groups is 1. The van der Waals surface area contributed by atoms with Crippen LogP contribution in [-0.2, 0) is 4.79 Å². The minimum absolute atomic E-state index is 0.0111. The first-order valence-corrected chi connectivity index (χ1v) is 7.52. The smallest absolute Gasteiger partial charge is 0.318 e. The molecule has 1 aliphatic rings. The molecule has 0 unspecified atom stereocenters. The zero-order valence-corrected chi connectivity index (χ0v) is 12.2. The predicted molar refractivity (Wildman–Crippen MR) is 77.8 cm³/mol. The molecule has 7 nitrogen and oxygen atoms in total. The molecule has 0 aromatic carbocycles. The number of amides is 4. The fourth-order valence-corrected chi connectivity index (χ4v) is 2.65. The van der Waals surface area contributed by atoms with Crippen molar-refractivity contribution >= 4 is 29.6 Å². The Balaban J connectivity index is 1.88. The summed E-state index contributed by atoms with van der Waals surface area (Å²) < 4.78 is 0. The van der Waals surface area contributed by atoms with Crippen LogP contribution in [0.2, 0.25) is 0 Å². The number of pyridine rings is 1. The fraction of sp³-hybridized carbons (Fsp3) is 0.385. The highest BCUT2D eigenvalue weighted by Crippen LogP contribution is 2.17. The number of hydrogen-bond acceptors (Lipinski definition) is 5. The summed E-state index contributed by atoms with van der Waals surface area (Å²) in [4.78, 5) is 39.8. The Morgan fingerprint density at radius 2 is 2.00 bits per heavy atom. The Kier molecular flexibility index (Phi) is 5.15. The van der Waals surface area contributed by atoms with Crippen molar-refractivity contribution in [3.8, 4) is 0 Å². The van der Waals surface area contributed by atoms with Crippen molar-refractivity contribution in [2.24, 2.45) is 5.73 Å². The molecule has 1 fully saturated rings. The summed E-state index contributed by atoms with van der Waals surface area (Å²) in [6.45, 7) is 1.59. The van der Waals surface area contributed by atoms with E-state index >= 15 is 0 Å². The van der Waals surface area contributed by atoms with Gasteiger partial charge in [0.2, 0.25) is 5.91 Å². The number of carbonyl (C=O) groups excluding carboxylic acids is 3. The van der Waals surface area contributed by atoms with E-state index in [1.165, 1.54) is 18.0 Å². The molecule has 1 saturated heterocycles. The normalized spacial score (nSPS) is 14.0. The highest BCUT2D eigenvalue weighted by atomic mass is 32.2. The van der Waals surface area contributed by atoms with Crippen molar-refractivity contribution < 1.29 is 14.4 Å². The van der Waals surface area contributed by atoms with Crippen molar-refractivity contribution in [2.45, 2.75) is 17.9 Å². The standard InChI is InChI=1S/C13H16N4O3S/c14-13(20)16-10(18)8-21-11-4-3-9(7-15-11)12(19)17-5-1-2-6-17/h3-4,7H,1-2,5-6,8H2,(H3,14,16,18,20). The summed E-state index contributed by atoms with van der Waals surface area (Å²) in [5.74, 6) is -0.454. The number of aromatic nitrogens is 1. The van der Waals surface area contributed by atoms with Crippen molar-refractivity contribution in [3.63, 3.8) is 0 Å². The van der Waals surface area contributed by atoms with Crippen LogP contribution in [0.15, 0.2) is 23.4 Å². The Morgan fingerprint density at radius 3 is 2.57 bits per heavy atom. The third kappa shape index (κ3) is 4.45. The lowest BCUT2D eigenvalue weighted by Gasteiger charge is -2.14. The van der Waals surface area contributed by atoms with Crippen LogP contribution in [0.4, 0.5) is 4.79 Å². The van der Waals surface area contributed by atoms with E-state index in [1.54, 1.807) is 12.1 Å². The molecule has 1 aromatic heterocycles. The third-order valence-electron chi connectivity index (χ3n) is 2.99. The van der Waals surface area contributed by atoms with E-state index in [4.69, 9.17) is 5.73 Å². The van der Waals surface area contributed by atoms with Gasteiger partial charge in [-0.2, -0.15) is 0 Å². The summed E-state index contributed by atoms with van der Waals surface area (Å²) in [6.07, 6.45) is 3.60. The summed E-state index contributed by atoms with van der Waals surface area (Å²) in [5.41, 5.74) is 5.38. The van der Waals surface area contributed by atoms with E-state index in [2.05, 4.69) is 4.98 Å². The molecule has 0 radical (unpaired) electrons. The number of thioether (sulfide) groups is 1. The van der Waals surface area contributed by atoms with Crippen molar-refractivity contribution in [3.05, 3.63) is 23.9 Å². The first-order chi connectivity index (χ1) is 10.1. The average Bonchev–Trinajstić information content (AvgIpc) is 2.98. The van der Waals surface area contributed by atoms with Gasteiger partial charge in [0, 0.05) is 19.3 Å². The van der Waals surface area contributed by atoms with Crippen LogP contribution >= 0.6 is 11.8 Å². The monoisotopic (exact) mass is 308 g/mol. The molecule has 0 bridgehead atoms. The second-order valence-corrected chi connectivity index (χ2v) is 5.58. The molecule has 1 aromatic rings. The van der Waals surface area contributed by atoms with Crippen LogP contribution in [0.1, 0.15) is 23.2 Å². The topological polar surface area (TPSA) is 105 Å². The number of hydrogen-bond donors (Lipinski definition) is 2. The third-order valence-corrected chi connectivity index (χ3v) is 3.93. The lowest BCUT2D eigenvalue weighted by molar-refractivity contribution is -0.117. The van der Waals surface area contributed by atoms with E-state index < -0.39 is 11.9 Å². The van der Waals surface area contributed by atoms with Gasteiger partial charge in [-0.25, -0.2) is 9.78 Å². The highest BCUT2D eigenvalue weighted by Gasteiger charge is 2.19. The van der Waals surface area contributed by atoms with Gasteiger partial charge in [0.15, 0.2) is 0 Å². The second-order valence-electron chi connectivity index (χ2n) is 4.59. The van der Waals surface area contributed by atoms with Gasteiger partial charge in [-0.1, -0.05) is 11.8 Å². The molecule has 0 spiro atoms. The van der Waals surface area contributed by atoms with Crippen LogP contribution in [0, 0.1) is 0 Å². The number of nitrogens with one attached hydrogen (secondary N) is 1. The molecule has 1 aliphatic heterocycles. The van der Waals surface area contributed by atoms with E-state index in [0.717, 1.165) is 25.9 Å². The van der Waals surface area contributed by atoms with Crippen LogP contribution in [0.3, 0.4) is 0 Å². The van der Waals surface area contributed by atoms with Gasteiger partial charge in [0.05, 0.1) is 16.3 Å². The number of carbonyl (C=O) groups is 3. The molecule has 21 heavy (non-hydrogen) atoms. The van der Waals surface area contributed by atoms with E-state index in [9.17, 15) is 14.4 Å². The second kappa shape index (κ2) is 7.07. The number of primary amides is 1. The van der Waals surface area contributed by atoms with Gasteiger partial charge >= 0.3 is 6.03 Å². The number of nitrogens with two attached hydrogens (primary N) is 1. The minimum Gasteiger partial charge on any atom is -0.351 e. The molecule has 2 heterocycles. The number of rotatable bonds is 4. The molecule has 0 atom stereocenters. The Morgan fingerprint density at radius 1 is 1.29 bits per heavy atom. The maximum absolute atomic E-state index is 12.1. The first kappa shape index (κ1) is 15.3. The molecule has 2 rings (SSSR count). The number of nitrogens with zero attached hydrogens (tertiary/aromatic N) is 2. The van der Waals surface area contributed by atoms with Crippen LogP contribution in [-0.4, -0.2) is 46.6 Å². The Hall–Kier alpha value is -2.09. The van der Waals surface area contributed by atoms with E-state index in [0.29, 0.717) is 10.6 Å². The fourth-order valence-electron chi connectivity index (χ4n) is 2.01. The molecule has 0 saturated carbocycles. The van der Waals surface area contributed by atoms with Crippen molar-refractivity contribution in [1.29, 1.82) is 0 Å². The molecular weight excluding hydrogens is 292 g/mol. The largest absolute Gasteiger partial charge is 0.351 e. The average molecular weight is 308 g/mol. The molecule has 0 aliphatic carbocycles. The highest BCUT2D eigenvalue weighted by molar-refractivity contribution is 7.99. The van der Waals surface area contributed by atoms with Crippen LogP contribution < -0.4 is 11.1 Å². The maximum Gasteiger partial charge on any atom is 0.318 e. The first-order valence-electron chi connectivity index (χ1n) is 6.53. The zero-order valence-electron chi connectivity index (χ0n) is 11.4. The van der Waals surface area contributed by atoms with Gasteiger partial charge in [-0.15, -0.1) is 0 Å². The lowest BCUT2D eigenvalue weighted by atomic mass is 10.2. The zero-order chi connectivity index (χ0) is 15.2. The Labute approximate surface area is 126 Å². The van der Waals surface area contributed by atoms with Gasteiger partial charge in [0.25, 0.3) is 5.91 Å². The van der Waals surface area contributed by atoms with Crippen molar-refractivity contribution in [2.75, 3.05) is 18.8 Å². The van der Waals surface area contributed by atoms with Gasteiger partial charge < -0.3 is 10.6 Å². The number of likely N-dealkylation sites (tertiary alicyclic amines) is 1. The summed E-state index contributed by atoms with van der Waals surface area (Å²) in [7, 11) is 0. The van der Waals surface area contributed by atoms with Crippen molar-refractivity contribution in [1.82, 2.24) is 15.2 Å². The SMILES string of the molecule is NC(=O)NC(=O)CSc1ccc(C(=O)N2CCCC2)cn1.